The van der Waals surface area contributed by atoms with Gasteiger partial charge in [0.15, 0.2) is 11.5 Å². The first-order chi connectivity index (χ1) is 8.83. The topological polar surface area (TPSA) is 39.7 Å². The van der Waals surface area contributed by atoms with Crippen LogP contribution in [0.4, 0.5) is 5.69 Å². The Labute approximate surface area is 123 Å². The van der Waals surface area contributed by atoms with E-state index in [2.05, 4.69) is 33.0 Å². The quantitative estimate of drug-likeness (QED) is 0.879. The molecule has 0 fully saturated rings. The maximum absolute atomic E-state index is 5.34. The molecular weight excluding hydrogens is 254 g/mol. The van der Waals surface area contributed by atoms with Crippen LogP contribution in [0.15, 0.2) is 12.1 Å². The van der Waals surface area contributed by atoms with Gasteiger partial charge in [-0.3, -0.25) is 0 Å². The van der Waals surface area contributed by atoms with Gasteiger partial charge in [0.25, 0.3) is 0 Å². The normalized spacial score (nSPS) is 12.2. The first kappa shape index (κ1) is 18.4. The Hall–Kier alpha value is -1.58. The van der Waals surface area contributed by atoms with E-state index in [0.29, 0.717) is 23.3 Å². The summed E-state index contributed by atoms with van der Waals surface area (Å²) in [7, 11) is 4.84. The molecule has 0 aliphatic rings. The number of rotatable bonds is 5. The molecule has 1 N–H and O–H groups in total. The second-order valence-electron chi connectivity index (χ2n) is 5.65. The van der Waals surface area contributed by atoms with Crippen molar-refractivity contribution in [1.29, 1.82) is 0 Å². The molecule has 4 nitrogen and oxygen atoms in total. The molecule has 0 aliphatic heterocycles. The summed E-state index contributed by atoms with van der Waals surface area (Å²) in [6.45, 7) is 8.75. The van der Waals surface area contributed by atoms with E-state index in [0.717, 1.165) is 5.69 Å². The largest absolute Gasteiger partial charge is 0.493 e. The molecule has 1 atom stereocenters. The van der Waals surface area contributed by atoms with E-state index in [4.69, 9.17) is 14.2 Å². The van der Waals surface area contributed by atoms with Gasteiger partial charge >= 0.3 is 0 Å². The predicted molar refractivity (Wildman–Crippen MR) is 85.4 cm³/mol. The number of anilines is 1. The molecule has 0 spiro atoms. The third kappa shape index (κ3) is 4.22. The number of benzene rings is 1. The van der Waals surface area contributed by atoms with Crippen LogP contribution >= 0.6 is 0 Å². The molecule has 1 rings (SSSR count). The molecule has 0 heterocycles. The zero-order chi connectivity index (χ0) is 14.6. The lowest BCUT2D eigenvalue weighted by Gasteiger charge is -2.29. The van der Waals surface area contributed by atoms with E-state index in [1.54, 1.807) is 21.3 Å². The van der Waals surface area contributed by atoms with Crippen LogP contribution in [0, 0.1) is 5.41 Å². The second-order valence-corrected chi connectivity index (χ2v) is 5.65. The van der Waals surface area contributed by atoms with E-state index in [1.165, 1.54) is 0 Å². The highest BCUT2D eigenvalue weighted by molar-refractivity contribution is 5.62. The van der Waals surface area contributed by atoms with Gasteiger partial charge < -0.3 is 19.5 Å². The Bertz CT molecular complexity index is 399. The van der Waals surface area contributed by atoms with Crippen LogP contribution in [-0.2, 0) is 0 Å². The van der Waals surface area contributed by atoms with Crippen molar-refractivity contribution in [3.63, 3.8) is 0 Å². The number of hydrogen-bond acceptors (Lipinski definition) is 4. The summed E-state index contributed by atoms with van der Waals surface area (Å²) in [5, 5.41) is 3.47. The van der Waals surface area contributed by atoms with Crippen molar-refractivity contribution in [1.82, 2.24) is 0 Å². The summed E-state index contributed by atoms with van der Waals surface area (Å²) in [6, 6.07) is 4.16. The van der Waals surface area contributed by atoms with Crippen molar-refractivity contribution in [3.8, 4) is 17.2 Å². The van der Waals surface area contributed by atoms with Gasteiger partial charge in [0, 0.05) is 23.9 Å². The standard InChI is InChI=1S/C15H25NO3.CH4/c1-10(15(2,3)4)16-11-8-12(17-5)14(19-7)13(9-11)18-6;/h8-10,16H,1-7H3;1H4. The smallest absolute Gasteiger partial charge is 0.203 e. The van der Waals surface area contributed by atoms with Gasteiger partial charge in [0.1, 0.15) is 0 Å². The molecule has 116 valence electrons. The molecule has 0 saturated carbocycles. The van der Waals surface area contributed by atoms with Gasteiger partial charge in [-0.1, -0.05) is 28.2 Å². The number of methoxy groups -OCH3 is 3. The van der Waals surface area contributed by atoms with Crippen molar-refractivity contribution in [2.45, 2.75) is 41.2 Å². The van der Waals surface area contributed by atoms with Crippen LogP contribution in [0.5, 0.6) is 17.2 Å². The fourth-order valence-corrected chi connectivity index (χ4v) is 1.63. The molecule has 4 heteroatoms. The van der Waals surface area contributed by atoms with Crippen molar-refractivity contribution in [2.75, 3.05) is 26.6 Å². The average Bonchev–Trinajstić information content (AvgIpc) is 2.36. The van der Waals surface area contributed by atoms with E-state index in [1.807, 2.05) is 12.1 Å². The third-order valence-electron chi connectivity index (χ3n) is 3.35. The lowest BCUT2D eigenvalue weighted by Crippen LogP contribution is -2.30. The highest BCUT2D eigenvalue weighted by atomic mass is 16.5. The first-order valence-corrected chi connectivity index (χ1v) is 6.40. The third-order valence-corrected chi connectivity index (χ3v) is 3.35. The maximum Gasteiger partial charge on any atom is 0.203 e. The van der Waals surface area contributed by atoms with Crippen LogP contribution in [0.3, 0.4) is 0 Å². The molecule has 1 aromatic carbocycles. The van der Waals surface area contributed by atoms with Gasteiger partial charge in [-0.05, 0) is 12.3 Å². The predicted octanol–water partition coefficient (Wildman–Crippen LogP) is 4.20. The number of hydrogen-bond donors (Lipinski definition) is 1. The van der Waals surface area contributed by atoms with E-state index in [-0.39, 0.29) is 12.8 Å². The minimum atomic E-state index is 0. The maximum atomic E-state index is 5.34. The summed E-state index contributed by atoms with van der Waals surface area (Å²) in [6.07, 6.45) is 0. The molecule has 20 heavy (non-hydrogen) atoms. The summed E-state index contributed by atoms with van der Waals surface area (Å²) >= 11 is 0. The van der Waals surface area contributed by atoms with Crippen molar-refractivity contribution < 1.29 is 14.2 Å². The molecule has 0 aromatic heterocycles. The van der Waals surface area contributed by atoms with Gasteiger partial charge in [0.05, 0.1) is 21.3 Å². The molecule has 0 aliphatic carbocycles. The minimum absolute atomic E-state index is 0. The number of nitrogens with one attached hydrogen (secondary N) is 1. The molecule has 0 radical (unpaired) electrons. The Kier molecular flexibility index (Phi) is 6.69. The monoisotopic (exact) mass is 283 g/mol. The van der Waals surface area contributed by atoms with Gasteiger partial charge in [-0.15, -0.1) is 0 Å². The summed E-state index contributed by atoms with van der Waals surface area (Å²) in [5.74, 6) is 1.93. The highest BCUT2D eigenvalue weighted by Crippen LogP contribution is 2.40. The minimum Gasteiger partial charge on any atom is -0.493 e. The van der Waals surface area contributed by atoms with Crippen LogP contribution < -0.4 is 19.5 Å². The van der Waals surface area contributed by atoms with Crippen molar-refractivity contribution in [2.24, 2.45) is 5.41 Å². The van der Waals surface area contributed by atoms with Gasteiger partial charge in [-0.2, -0.15) is 0 Å². The lowest BCUT2D eigenvalue weighted by molar-refractivity contribution is 0.324. The van der Waals surface area contributed by atoms with E-state index in [9.17, 15) is 0 Å². The second kappa shape index (κ2) is 7.27. The Morgan fingerprint density at radius 2 is 1.40 bits per heavy atom. The summed E-state index contributed by atoms with van der Waals surface area (Å²) in [4.78, 5) is 0. The zero-order valence-electron chi connectivity index (χ0n) is 13.0. The fourth-order valence-electron chi connectivity index (χ4n) is 1.63. The van der Waals surface area contributed by atoms with E-state index < -0.39 is 0 Å². The van der Waals surface area contributed by atoms with Gasteiger partial charge in [-0.25, -0.2) is 0 Å². The molecular formula is C16H29NO3. The Morgan fingerprint density at radius 3 is 1.70 bits per heavy atom. The van der Waals surface area contributed by atoms with Crippen molar-refractivity contribution in [3.05, 3.63) is 12.1 Å². The molecule has 1 aromatic rings. The average molecular weight is 283 g/mol. The van der Waals surface area contributed by atoms with E-state index >= 15 is 0 Å². The van der Waals surface area contributed by atoms with Crippen molar-refractivity contribution >= 4 is 5.69 Å². The molecule has 1 unspecified atom stereocenters. The SMILES string of the molecule is C.COc1cc(NC(C)C(C)(C)C)cc(OC)c1OC. The fraction of sp³-hybridized carbons (Fsp3) is 0.625. The molecule has 0 bridgehead atoms. The van der Waals surface area contributed by atoms with Crippen LogP contribution in [-0.4, -0.2) is 27.4 Å². The lowest BCUT2D eigenvalue weighted by atomic mass is 9.88. The Balaban J connectivity index is 0.00000361. The molecule has 0 saturated heterocycles. The van der Waals surface area contributed by atoms with Crippen LogP contribution in [0.2, 0.25) is 0 Å². The highest BCUT2D eigenvalue weighted by Gasteiger charge is 2.21. The summed E-state index contributed by atoms with van der Waals surface area (Å²) < 4.78 is 16.0. The number of ether oxygens (including phenoxy) is 3. The Morgan fingerprint density at radius 1 is 0.950 bits per heavy atom. The first-order valence-electron chi connectivity index (χ1n) is 6.40. The van der Waals surface area contributed by atoms with Crippen LogP contribution in [0.1, 0.15) is 35.1 Å². The zero-order valence-corrected chi connectivity index (χ0v) is 13.0. The van der Waals surface area contributed by atoms with Crippen LogP contribution in [0.25, 0.3) is 0 Å². The molecule has 0 amide bonds. The van der Waals surface area contributed by atoms with Gasteiger partial charge in [0.2, 0.25) is 5.75 Å². The summed E-state index contributed by atoms with van der Waals surface area (Å²) in [5.41, 5.74) is 1.12.